The van der Waals surface area contributed by atoms with E-state index >= 15 is 0 Å². The van der Waals surface area contributed by atoms with Gasteiger partial charge in [0.25, 0.3) is 5.91 Å². The van der Waals surface area contributed by atoms with Gasteiger partial charge in [0.15, 0.2) is 17.5 Å². The number of anilines is 1. The molecule has 1 fully saturated rings. The number of hydrogen-bond acceptors (Lipinski definition) is 4. The van der Waals surface area contributed by atoms with Gasteiger partial charge >= 0.3 is 0 Å². The predicted octanol–water partition coefficient (Wildman–Crippen LogP) is 1.11. The Bertz CT molecular complexity index is 774. The van der Waals surface area contributed by atoms with Crippen LogP contribution in [0.4, 0.5) is 5.69 Å². The number of methoxy groups -OCH3 is 2. The third kappa shape index (κ3) is 4.75. The normalized spacial score (nSPS) is 15.8. The first-order valence-electron chi connectivity index (χ1n) is 9.75. The van der Waals surface area contributed by atoms with Crippen molar-refractivity contribution in [2.45, 2.75) is 19.5 Å². The minimum absolute atomic E-state index is 0.0712. The first-order valence-corrected chi connectivity index (χ1v) is 9.75. The average molecular weight is 385 g/mol. The number of quaternary nitrogens is 1. The molecule has 2 N–H and O–H groups in total. The summed E-state index contributed by atoms with van der Waals surface area (Å²) >= 11 is 0. The van der Waals surface area contributed by atoms with Crippen LogP contribution >= 0.6 is 0 Å². The Morgan fingerprint density at radius 1 is 1.07 bits per heavy atom. The second-order valence-corrected chi connectivity index (χ2v) is 7.11. The monoisotopic (exact) mass is 384 g/mol. The molecule has 0 spiro atoms. The van der Waals surface area contributed by atoms with Crippen LogP contribution in [-0.4, -0.2) is 52.3 Å². The van der Waals surface area contributed by atoms with E-state index < -0.39 is 0 Å². The Morgan fingerprint density at radius 2 is 1.75 bits per heavy atom. The van der Waals surface area contributed by atoms with Crippen LogP contribution in [0.1, 0.15) is 12.5 Å². The molecular weight excluding hydrogens is 354 g/mol. The van der Waals surface area contributed by atoms with Crippen LogP contribution in [0.5, 0.6) is 11.5 Å². The van der Waals surface area contributed by atoms with Crippen molar-refractivity contribution >= 4 is 11.6 Å². The number of nitrogens with zero attached hydrogens (tertiary/aromatic N) is 1. The number of hydrogen-bond donors (Lipinski definition) is 2. The second-order valence-electron chi connectivity index (χ2n) is 7.11. The number of benzene rings is 2. The van der Waals surface area contributed by atoms with E-state index in [0.29, 0.717) is 18.0 Å². The highest BCUT2D eigenvalue weighted by Crippen LogP contribution is 2.27. The summed E-state index contributed by atoms with van der Waals surface area (Å²) in [6.45, 7) is 6.34. The Kier molecular flexibility index (Phi) is 6.76. The molecule has 0 radical (unpaired) electrons. The number of ether oxygens (including phenoxy) is 2. The smallest absolute Gasteiger partial charge is 0.278 e. The lowest BCUT2D eigenvalue weighted by Gasteiger charge is -2.36. The lowest BCUT2D eigenvalue weighted by Crippen LogP contribution is -3.19. The third-order valence-electron chi connectivity index (χ3n) is 5.45. The van der Waals surface area contributed by atoms with Crippen LogP contribution in [0.2, 0.25) is 0 Å². The zero-order valence-corrected chi connectivity index (χ0v) is 16.9. The SMILES string of the molecule is COc1ccc(CNC(=O)[C@H](C)[NH+]2CCN(c3ccccc3)CC2)cc1OC. The summed E-state index contributed by atoms with van der Waals surface area (Å²) in [5.41, 5.74) is 2.24. The van der Waals surface area contributed by atoms with E-state index in [4.69, 9.17) is 9.47 Å². The number of piperazine rings is 1. The summed E-state index contributed by atoms with van der Waals surface area (Å²) in [5, 5.41) is 3.06. The van der Waals surface area contributed by atoms with Crippen molar-refractivity contribution in [3.8, 4) is 11.5 Å². The summed E-state index contributed by atoms with van der Waals surface area (Å²) in [7, 11) is 3.22. The van der Waals surface area contributed by atoms with Gasteiger partial charge in [-0.3, -0.25) is 4.79 Å². The topological polar surface area (TPSA) is 55.2 Å². The molecule has 1 aliphatic rings. The number of nitrogens with one attached hydrogen (secondary N) is 2. The Hall–Kier alpha value is -2.73. The summed E-state index contributed by atoms with van der Waals surface area (Å²) < 4.78 is 10.6. The van der Waals surface area contributed by atoms with Gasteiger partial charge in [0.05, 0.1) is 40.4 Å². The highest BCUT2D eigenvalue weighted by Gasteiger charge is 2.29. The third-order valence-corrected chi connectivity index (χ3v) is 5.45. The summed E-state index contributed by atoms with van der Waals surface area (Å²) in [5.74, 6) is 1.44. The van der Waals surface area contributed by atoms with Crippen molar-refractivity contribution in [3.05, 3.63) is 54.1 Å². The van der Waals surface area contributed by atoms with Gasteiger partial charge in [-0.2, -0.15) is 0 Å². The number of carbonyl (C=O) groups excluding carboxylic acids is 1. The first kappa shape index (κ1) is 20.0. The van der Waals surface area contributed by atoms with E-state index in [1.165, 1.54) is 10.6 Å². The second kappa shape index (κ2) is 9.46. The van der Waals surface area contributed by atoms with Gasteiger partial charge in [-0.15, -0.1) is 0 Å². The van der Waals surface area contributed by atoms with Crippen LogP contribution in [0.25, 0.3) is 0 Å². The quantitative estimate of drug-likeness (QED) is 0.751. The fraction of sp³-hybridized carbons (Fsp3) is 0.409. The molecule has 0 unspecified atom stereocenters. The average Bonchev–Trinajstić information content (AvgIpc) is 2.77. The Labute approximate surface area is 167 Å². The maximum atomic E-state index is 12.6. The highest BCUT2D eigenvalue weighted by molar-refractivity contribution is 5.79. The molecule has 0 aromatic heterocycles. The molecular formula is C22H30N3O3+. The van der Waals surface area contributed by atoms with E-state index in [-0.39, 0.29) is 11.9 Å². The van der Waals surface area contributed by atoms with Crippen molar-refractivity contribution < 1.29 is 19.2 Å². The van der Waals surface area contributed by atoms with Gasteiger partial charge < -0.3 is 24.6 Å². The molecule has 2 aromatic rings. The van der Waals surface area contributed by atoms with Crippen LogP contribution in [0.3, 0.4) is 0 Å². The van der Waals surface area contributed by atoms with Gasteiger partial charge in [0, 0.05) is 12.2 Å². The van der Waals surface area contributed by atoms with Gasteiger partial charge in [-0.25, -0.2) is 0 Å². The van der Waals surface area contributed by atoms with E-state index in [0.717, 1.165) is 31.7 Å². The molecule has 6 heteroatoms. The van der Waals surface area contributed by atoms with E-state index in [1.807, 2.05) is 31.2 Å². The highest BCUT2D eigenvalue weighted by atomic mass is 16.5. The fourth-order valence-electron chi connectivity index (χ4n) is 3.64. The Morgan fingerprint density at radius 3 is 2.39 bits per heavy atom. The largest absolute Gasteiger partial charge is 0.493 e. The summed E-state index contributed by atoms with van der Waals surface area (Å²) in [4.78, 5) is 16.4. The van der Waals surface area contributed by atoms with Gasteiger partial charge in [-0.05, 0) is 36.8 Å². The van der Waals surface area contributed by atoms with E-state index in [2.05, 4.69) is 34.5 Å². The number of amides is 1. The van der Waals surface area contributed by atoms with Crippen LogP contribution in [0.15, 0.2) is 48.5 Å². The minimum atomic E-state index is -0.0712. The zero-order valence-electron chi connectivity index (χ0n) is 16.9. The molecule has 0 aliphatic carbocycles. The standard InChI is InChI=1S/C22H29N3O3/c1-17(24-11-13-25(14-12-24)19-7-5-4-6-8-19)22(26)23-16-18-9-10-20(27-2)21(15-18)28-3/h4-10,15,17H,11-14,16H2,1-3H3,(H,23,26)/p+1/t17-/m0/s1. The molecule has 6 nitrogen and oxygen atoms in total. The molecule has 0 bridgehead atoms. The van der Waals surface area contributed by atoms with Crippen molar-refractivity contribution in [2.75, 3.05) is 45.3 Å². The molecule has 2 aromatic carbocycles. The molecule has 28 heavy (non-hydrogen) atoms. The lowest BCUT2D eigenvalue weighted by molar-refractivity contribution is -0.914. The number of rotatable bonds is 7. The molecule has 1 heterocycles. The number of carbonyl (C=O) groups is 1. The van der Waals surface area contributed by atoms with Crippen molar-refractivity contribution in [2.24, 2.45) is 0 Å². The molecule has 0 saturated carbocycles. The molecule has 150 valence electrons. The first-order chi connectivity index (χ1) is 13.6. The Balaban J connectivity index is 1.50. The van der Waals surface area contributed by atoms with Crippen molar-refractivity contribution in [3.63, 3.8) is 0 Å². The number of para-hydroxylation sites is 1. The van der Waals surface area contributed by atoms with Crippen molar-refractivity contribution in [1.29, 1.82) is 0 Å². The minimum Gasteiger partial charge on any atom is -0.493 e. The molecule has 1 aliphatic heterocycles. The van der Waals surface area contributed by atoms with Crippen LogP contribution in [-0.2, 0) is 11.3 Å². The summed E-state index contributed by atoms with van der Waals surface area (Å²) in [6, 6.07) is 16.1. The summed E-state index contributed by atoms with van der Waals surface area (Å²) in [6.07, 6.45) is 0. The lowest BCUT2D eigenvalue weighted by atomic mass is 10.1. The van der Waals surface area contributed by atoms with Gasteiger partial charge in [0.1, 0.15) is 0 Å². The molecule has 3 rings (SSSR count). The van der Waals surface area contributed by atoms with Crippen LogP contribution < -0.4 is 24.6 Å². The maximum Gasteiger partial charge on any atom is 0.278 e. The fourth-order valence-corrected chi connectivity index (χ4v) is 3.64. The van der Waals surface area contributed by atoms with E-state index in [9.17, 15) is 4.79 Å². The molecule has 1 atom stereocenters. The maximum absolute atomic E-state index is 12.6. The van der Waals surface area contributed by atoms with E-state index in [1.54, 1.807) is 14.2 Å². The van der Waals surface area contributed by atoms with Gasteiger partial charge in [0.2, 0.25) is 0 Å². The zero-order chi connectivity index (χ0) is 19.9. The predicted molar refractivity (Wildman–Crippen MR) is 110 cm³/mol. The van der Waals surface area contributed by atoms with Crippen LogP contribution in [0, 0.1) is 0 Å². The van der Waals surface area contributed by atoms with Gasteiger partial charge in [-0.1, -0.05) is 24.3 Å². The molecule has 1 amide bonds. The van der Waals surface area contributed by atoms with Crippen molar-refractivity contribution in [1.82, 2.24) is 5.32 Å². The molecule has 1 saturated heterocycles.